The minimum absolute atomic E-state index is 1.01. The van der Waals surface area contributed by atoms with Crippen LogP contribution in [0, 0.1) is 34.6 Å². The van der Waals surface area contributed by atoms with Crippen LogP contribution >= 0.6 is 0 Å². The third kappa shape index (κ3) is 1.61. The van der Waals surface area contributed by atoms with Gasteiger partial charge in [0.15, 0.2) is 0 Å². The zero-order valence-corrected chi connectivity index (χ0v) is 10.1. The van der Waals surface area contributed by atoms with Crippen LogP contribution in [0.25, 0.3) is 0 Å². The van der Waals surface area contributed by atoms with Crippen LogP contribution in [0.2, 0.25) is 0 Å². The third-order valence-electron chi connectivity index (χ3n) is 3.05. The van der Waals surface area contributed by atoms with Crippen molar-refractivity contribution in [2.75, 3.05) is 0 Å². The molecule has 13 heavy (non-hydrogen) atoms. The maximum Gasteiger partial charge on any atom is 0.482 e. The molecule has 0 saturated carbocycles. The molecule has 0 fully saturated rings. The van der Waals surface area contributed by atoms with Crippen molar-refractivity contribution in [3.8, 4) is 5.75 Å². The second kappa shape index (κ2) is 3.74. The van der Waals surface area contributed by atoms with Crippen molar-refractivity contribution in [3.63, 3.8) is 0 Å². The molecule has 1 nitrogen and oxygen atoms in total. The van der Waals surface area contributed by atoms with Crippen molar-refractivity contribution >= 4 is 16.6 Å². The lowest BCUT2D eigenvalue weighted by molar-refractivity contribution is 0.602. The molecular weight excluding hydrogens is 175 g/mol. The molecule has 0 saturated heterocycles. The summed E-state index contributed by atoms with van der Waals surface area (Å²) in [6.45, 7) is 10.7. The molecule has 0 atom stereocenters. The van der Waals surface area contributed by atoms with Crippen molar-refractivity contribution in [2.24, 2.45) is 0 Å². The van der Waals surface area contributed by atoms with Crippen LogP contribution in [0.1, 0.15) is 27.8 Å². The monoisotopic (exact) mass is 190 g/mol. The van der Waals surface area contributed by atoms with Gasteiger partial charge in [-0.05, 0) is 62.4 Å². The summed E-state index contributed by atoms with van der Waals surface area (Å²) in [5, 5.41) is 0. The molecule has 0 aliphatic rings. The van der Waals surface area contributed by atoms with Crippen LogP contribution < -0.4 is 3.79 Å². The first kappa shape index (κ1) is 10.6. The summed E-state index contributed by atoms with van der Waals surface area (Å²) in [5.41, 5.74) is 6.54. The highest BCUT2D eigenvalue weighted by Gasteiger charge is 2.10. The Morgan fingerprint density at radius 2 is 1.00 bits per heavy atom. The van der Waals surface area contributed by atoms with E-state index in [4.69, 9.17) is 3.79 Å². The predicted octanol–water partition coefficient (Wildman–Crippen LogP) is 2.69. The zero-order valence-electron chi connectivity index (χ0n) is 8.99. The highest BCUT2D eigenvalue weighted by molar-refractivity contribution is 6.00. The summed E-state index contributed by atoms with van der Waals surface area (Å²) in [7, 11) is 0. The highest BCUT2D eigenvalue weighted by Crippen LogP contribution is 2.31. The van der Waals surface area contributed by atoms with Gasteiger partial charge in [0.1, 0.15) is 0 Å². The quantitative estimate of drug-likeness (QED) is 0.619. The Balaban J connectivity index is 3.56. The Morgan fingerprint density at radius 1 is 0.692 bits per heavy atom. The van der Waals surface area contributed by atoms with Crippen LogP contribution in [0.4, 0.5) is 0 Å². The van der Waals surface area contributed by atoms with Gasteiger partial charge in [0.25, 0.3) is 0 Å². The highest BCUT2D eigenvalue weighted by atomic mass is 27.1. The number of hydrogen-bond donors (Lipinski definition) is 0. The van der Waals surface area contributed by atoms with E-state index in [0.29, 0.717) is 0 Å². The van der Waals surface area contributed by atoms with Crippen LogP contribution in [0.3, 0.4) is 0 Å². The molecule has 0 aliphatic heterocycles. The minimum atomic E-state index is 1.01. The third-order valence-corrected chi connectivity index (χ3v) is 3.28. The number of hydrogen-bond acceptors (Lipinski definition) is 1. The first-order chi connectivity index (χ1) is 6.00. The average molecular weight is 190 g/mol. The van der Waals surface area contributed by atoms with Crippen LogP contribution in [-0.4, -0.2) is 16.6 Å². The molecule has 0 heterocycles. The van der Waals surface area contributed by atoms with Crippen LogP contribution in [0.15, 0.2) is 0 Å². The summed E-state index contributed by atoms with van der Waals surface area (Å²) >= 11 is 2.32. The minimum Gasteiger partial charge on any atom is -0.653 e. The van der Waals surface area contributed by atoms with Gasteiger partial charge >= 0.3 is 16.6 Å². The molecule has 1 aromatic rings. The summed E-state index contributed by atoms with van der Waals surface area (Å²) in [6, 6.07) is 0. The Labute approximate surface area is 88.9 Å². The normalized spacial score (nSPS) is 10.2. The Bertz CT molecular complexity index is 313. The van der Waals surface area contributed by atoms with Gasteiger partial charge in [-0.25, -0.2) is 0 Å². The lowest BCUT2D eigenvalue weighted by atomic mass is 9.94. The molecule has 0 bridgehead atoms. The summed E-state index contributed by atoms with van der Waals surface area (Å²) < 4.78 is 5.31. The van der Waals surface area contributed by atoms with E-state index in [1.165, 1.54) is 27.8 Å². The summed E-state index contributed by atoms with van der Waals surface area (Å²) in [6.07, 6.45) is 0. The van der Waals surface area contributed by atoms with Crippen LogP contribution in [0.5, 0.6) is 5.75 Å². The molecule has 0 aromatic heterocycles. The van der Waals surface area contributed by atoms with Crippen molar-refractivity contribution in [3.05, 3.63) is 27.8 Å². The number of benzene rings is 1. The average Bonchev–Trinajstić information content (AvgIpc) is 2.13. The smallest absolute Gasteiger partial charge is 0.482 e. The van der Waals surface area contributed by atoms with Gasteiger partial charge in [-0.1, -0.05) is 0 Å². The number of rotatable bonds is 1. The Kier molecular flexibility index (Phi) is 3.06. The molecule has 1 rings (SSSR count). The maximum absolute atomic E-state index is 5.31. The van der Waals surface area contributed by atoms with Gasteiger partial charge in [0.2, 0.25) is 0 Å². The summed E-state index contributed by atoms with van der Waals surface area (Å²) in [4.78, 5) is 0. The van der Waals surface area contributed by atoms with E-state index in [0.717, 1.165) is 5.75 Å². The molecule has 0 N–H and O–H groups in total. The molecule has 0 spiro atoms. The van der Waals surface area contributed by atoms with E-state index in [9.17, 15) is 0 Å². The first-order valence-electron chi connectivity index (χ1n) is 4.44. The van der Waals surface area contributed by atoms with Crippen LogP contribution in [-0.2, 0) is 0 Å². The zero-order chi connectivity index (χ0) is 10.2. The van der Waals surface area contributed by atoms with E-state index in [-0.39, 0.29) is 0 Å². The topological polar surface area (TPSA) is 9.23 Å². The molecule has 2 radical (unpaired) electrons. The fourth-order valence-electron chi connectivity index (χ4n) is 1.64. The molecule has 1 aromatic carbocycles. The van der Waals surface area contributed by atoms with Gasteiger partial charge in [-0.3, -0.25) is 0 Å². The van der Waals surface area contributed by atoms with E-state index in [1.807, 2.05) is 0 Å². The SMILES string of the molecule is Cc1c(C)c(C)c([O][Al])c(C)c1C. The standard InChI is InChI=1S/C11H16O.Al/c1-6-7(2)9(4)11(12)10(5)8(6)3;/h12H,1-5H3;/q;+1/p-1. The van der Waals surface area contributed by atoms with Gasteiger partial charge < -0.3 is 3.79 Å². The van der Waals surface area contributed by atoms with Crippen molar-refractivity contribution < 1.29 is 3.79 Å². The van der Waals surface area contributed by atoms with E-state index >= 15 is 0 Å². The predicted molar refractivity (Wildman–Crippen MR) is 56.5 cm³/mol. The van der Waals surface area contributed by atoms with E-state index in [2.05, 4.69) is 51.2 Å². The first-order valence-corrected chi connectivity index (χ1v) is 4.91. The van der Waals surface area contributed by atoms with Gasteiger partial charge in [0, 0.05) is 0 Å². The lowest BCUT2D eigenvalue weighted by Crippen LogP contribution is -2.00. The van der Waals surface area contributed by atoms with Crippen molar-refractivity contribution in [2.45, 2.75) is 34.6 Å². The van der Waals surface area contributed by atoms with Crippen molar-refractivity contribution in [1.82, 2.24) is 0 Å². The molecule has 0 aliphatic carbocycles. The lowest BCUT2D eigenvalue weighted by Gasteiger charge is -2.18. The van der Waals surface area contributed by atoms with Gasteiger partial charge in [-0.15, -0.1) is 0 Å². The fraction of sp³-hybridized carbons (Fsp3) is 0.455. The van der Waals surface area contributed by atoms with Crippen molar-refractivity contribution in [1.29, 1.82) is 0 Å². The fourth-order valence-corrected chi connectivity index (χ4v) is 2.00. The van der Waals surface area contributed by atoms with Gasteiger partial charge in [-0.2, -0.15) is 0 Å². The molecular formula is C11H15AlO. The van der Waals surface area contributed by atoms with Gasteiger partial charge in [0.05, 0.1) is 5.75 Å². The molecule has 68 valence electrons. The Hall–Kier alpha value is -0.448. The summed E-state index contributed by atoms with van der Waals surface area (Å²) in [5.74, 6) is 1.01. The second-order valence-electron chi connectivity index (χ2n) is 3.57. The van der Waals surface area contributed by atoms with E-state index in [1.54, 1.807) is 0 Å². The van der Waals surface area contributed by atoms with E-state index < -0.39 is 0 Å². The molecule has 2 heteroatoms. The Morgan fingerprint density at radius 3 is 1.31 bits per heavy atom. The largest absolute Gasteiger partial charge is 0.653 e. The molecule has 0 unspecified atom stereocenters. The second-order valence-corrected chi connectivity index (χ2v) is 3.81. The maximum atomic E-state index is 5.31. The molecule has 0 amide bonds.